The summed E-state index contributed by atoms with van der Waals surface area (Å²) in [4.78, 5) is 25.9. The van der Waals surface area contributed by atoms with E-state index in [9.17, 15) is 14.7 Å². The Labute approximate surface area is 121 Å². The molecule has 1 aliphatic rings. The number of rotatable bonds is 3. The lowest BCUT2D eigenvalue weighted by molar-refractivity contribution is -0.131. The number of carbonyl (C=O) groups excluding carboxylic acids is 1. The Balaban J connectivity index is 2.14. The zero-order valence-corrected chi connectivity index (χ0v) is 12.0. The quantitative estimate of drug-likeness (QED) is 0.833. The number of likely N-dealkylation sites (tertiary alicyclic amines) is 1. The molecular weight excluding hydrogens is 278 g/mol. The molecule has 2 heterocycles. The number of hydrogen-bond acceptors (Lipinski definition) is 4. The van der Waals surface area contributed by atoms with E-state index in [1.807, 2.05) is 6.92 Å². The maximum Gasteiger partial charge on any atom is 0.328 e. The molecule has 6 heteroatoms. The molecule has 0 saturated carbocycles. The summed E-state index contributed by atoms with van der Waals surface area (Å²) in [6.45, 7) is 2.88. The van der Waals surface area contributed by atoms with Gasteiger partial charge < -0.3 is 15.1 Å². The van der Waals surface area contributed by atoms with Gasteiger partial charge in [0, 0.05) is 24.0 Å². The molecule has 2 N–H and O–H groups in total. The highest BCUT2D eigenvalue weighted by Crippen LogP contribution is 2.25. The number of amides is 1. The number of carboxylic acid groups (broad SMARTS) is 1. The van der Waals surface area contributed by atoms with Crippen molar-refractivity contribution < 1.29 is 19.8 Å². The Kier molecular flexibility index (Phi) is 4.57. The van der Waals surface area contributed by atoms with Gasteiger partial charge in [0.1, 0.15) is 0 Å². The van der Waals surface area contributed by atoms with E-state index in [2.05, 4.69) is 0 Å². The van der Waals surface area contributed by atoms with E-state index in [1.54, 1.807) is 11.0 Å². The van der Waals surface area contributed by atoms with E-state index < -0.39 is 12.1 Å². The van der Waals surface area contributed by atoms with Crippen LogP contribution in [0.25, 0.3) is 6.08 Å². The molecule has 0 bridgehead atoms. The smallest absolute Gasteiger partial charge is 0.328 e. The van der Waals surface area contributed by atoms with E-state index in [1.165, 1.54) is 17.4 Å². The summed E-state index contributed by atoms with van der Waals surface area (Å²) in [6, 6.07) is 1.77. The lowest BCUT2D eigenvalue weighted by atomic mass is 10.1. The summed E-state index contributed by atoms with van der Waals surface area (Å²) in [5.41, 5.74) is 0.883. The summed E-state index contributed by atoms with van der Waals surface area (Å²) in [5, 5.41) is 18.2. The van der Waals surface area contributed by atoms with Gasteiger partial charge in [0.2, 0.25) is 0 Å². The van der Waals surface area contributed by atoms with Crippen molar-refractivity contribution in [3.63, 3.8) is 0 Å². The van der Waals surface area contributed by atoms with E-state index in [4.69, 9.17) is 5.11 Å². The third kappa shape index (κ3) is 3.46. The van der Waals surface area contributed by atoms with Gasteiger partial charge in [0.25, 0.3) is 5.91 Å². The van der Waals surface area contributed by atoms with Gasteiger partial charge >= 0.3 is 5.97 Å². The van der Waals surface area contributed by atoms with E-state index in [0.29, 0.717) is 18.0 Å². The summed E-state index contributed by atoms with van der Waals surface area (Å²) in [5.74, 6) is -1.10. The molecule has 1 saturated heterocycles. The first-order valence-electron chi connectivity index (χ1n) is 6.46. The fourth-order valence-corrected chi connectivity index (χ4v) is 3.25. The lowest BCUT2D eigenvalue weighted by Gasteiger charge is -2.29. The van der Waals surface area contributed by atoms with Crippen molar-refractivity contribution in [2.24, 2.45) is 0 Å². The fraction of sp³-hybridized carbons (Fsp3) is 0.429. The van der Waals surface area contributed by atoms with Crippen LogP contribution in [0.15, 0.2) is 12.1 Å². The van der Waals surface area contributed by atoms with Crippen LogP contribution in [-0.2, 0) is 4.79 Å². The first-order chi connectivity index (χ1) is 9.47. The normalized spacial score (nSPS) is 19.5. The number of β-amino-alcohol motifs (C(OH)–C–C–N with tert-alkyl or cyclic N) is 1. The lowest BCUT2D eigenvalue weighted by Crippen LogP contribution is -2.41. The average Bonchev–Trinajstić information content (AvgIpc) is 2.77. The molecule has 1 amide bonds. The molecule has 1 unspecified atom stereocenters. The number of thiophene rings is 1. The van der Waals surface area contributed by atoms with Crippen LogP contribution < -0.4 is 0 Å². The number of carboxylic acids is 1. The van der Waals surface area contributed by atoms with Gasteiger partial charge in [-0.1, -0.05) is 0 Å². The van der Waals surface area contributed by atoms with Gasteiger partial charge in [-0.2, -0.15) is 0 Å². The Morgan fingerprint density at radius 3 is 2.90 bits per heavy atom. The number of aliphatic carboxylic acids is 1. The van der Waals surface area contributed by atoms with Crippen molar-refractivity contribution in [3.8, 4) is 0 Å². The predicted molar refractivity (Wildman–Crippen MR) is 76.9 cm³/mol. The van der Waals surface area contributed by atoms with Crippen LogP contribution in [0.2, 0.25) is 0 Å². The molecular formula is C14H17NO4S. The Hall–Kier alpha value is -1.66. The second-order valence-electron chi connectivity index (χ2n) is 4.88. The molecule has 0 radical (unpaired) electrons. The fourth-order valence-electron chi connectivity index (χ4n) is 2.21. The maximum atomic E-state index is 12.3. The molecule has 108 valence electrons. The van der Waals surface area contributed by atoms with Gasteiger partial charge in [-0.15, -0.1) is 11.3 Å². The third-order valence-corrected chi connectivity index (χ3v) is 4.42. The molecule has 0 aromatic carbocycles. The summed E-state index contributed by atoms with van der Waals surface area (Å²) in [7, 11) is 0. The van der Waals surface area contributed by atoms with E-state index in [-0.39, 0.29) is 5.91 Å². The first kappa shape index (κ1) is 14.7. The molecule has 20 heavy (non-hydrogen) atoms. The highest BCUT2D eigenvalue weighted by molar-refractivity contribution is 7.15. The Morgan fingerprint density at radius 1 is 1.50 bits per heavy atom. The highest BCUT2D eigenvalue weighted by atomic mass is 32.1. The average molecular weight is 295 g/mol. The second-order valence-corrected chi connectivity index (χ2v) is 5.96. The van der Waals surface area contributed by atoms with E-state index >= 15 is 0 Å². The largest absolute Gasteiger partial charge is 0.478 e. The predicted octanol–water partition coefficient (Wildman–Crippen LogP) is 1.75. The highest BCUT2D eigenvalue weighted by Gasteiger charge is 2.24. The number of aryl methyl sites for hydroxylation is 1. The van der Waals surface area contributed by atoms with Crippen molar-refractivity contribution in [1.82, 2.24) is 4.90 Å². The molecule has 0 spiro atoms. The zero-order chi connectivity index (χ0) is 14.7. The van der Waals surface area contributed by atoms with Crippen LogP contribution in [0.5, 0.6) is 0 Å². The molecule has 5 nitrogen and oxygen atoms in total. The van der Waals surface area contributed by atoms with Crippen molar-refractivity contribution in [2.75, 3.05) is 13.1 Å². The molecule has 1 fully saturated rings. The van der Waals surface area contributed by atoms with Crippen molar-refractivity contribution in [3.05, 3.63) is 27.5 Å². The number of aliphatic hydroxyl groups is 1. The molecule has 1 aromatic heterocycles. The van der Waals surface area contributed by atoms with E-state index in [0.717, 1.165) is 29.4 Å². The molecule has 1 atom stereocenters. The van der Waals surface area contributed by atoms with Gasteiger partial charge in [0.05, 0.1) is 11.0 Å². The van der Waals surface area contributed by atoms with Crippen LogP contribution in [0, 0.1) is 6.92 Å². The third-order valence-electron chi connectivity index (χ3n) is 3.23. The molecule has 2 rings (SSSR count). The van der Waals surface area contributed by atoms with Crippen LogP contribution >= 0.6 is 11.3 Å². The molecule has 1 aromatic rings. The summed E-state index contributed by atoms with van der Waals surface area (Å²) < 4.78 is 0. The molecule has 0 aliphatic carbocycles. The summed E-state index contributed by atoms with van der Waals surface area (Å²) >= 11 is 1.28. The van der Waals surface area contributed by atoms with Gasteiger partial charge in [-0.25, -0.2) is 4.79 Å². The number of carbonyl (C=O) groups is 2. The Morgan fingerprint density at radius 2 is 2.25 bits per heavy atom. The zero-order valence-electron chi connectivity index (χ0n) is 11.2. The number of aliphatic hydroxyl groups excluding tert-OH is 1. The number of hydrogen-bond donors (Lipinski definition) is 2. The minimum atomic E-state index is -1.01. The topological polar surface area (TPSA) is 77.8 Å². The van der Waals surface area contributed by atoms with Gasteiger partial charge in [-0.3, -0.25) is 4.79 Å². The maximum absolute atomic E-state index is 12.3. The van der Waals surface area contributed by atoms with Crippen LogP contribution in [0.4, 0.5) is 0 Å². The monoisotopic (exact) mass is 295 g/mol. The van der Waals surface area contributed by atoms with Crippen LogP contribution in [-0.4, -0.2) is 46.2 Å². The minimum Gasteiger partial charge on any atom is -0.478 e. The second kappa shape index (κ2) is 6.19. The van der Waals surface area contributed by atoms with Gasteiger partial charge in [-0.05, 0) is 37.5 Å². The van der Waals surface area contributed by atoms with Crippen molar-refractivity contribution in [2.45, 2.75) is 25.9 Å². The minimum absolute atomic E-state index is 0.0909. The SMILES string of the molecule is Cc1cc(C(=O)N2CCCC(O)C2)sc1/C=C/C(=O)O. The first-order valence-corrected chi connectivity index (χ1v) is 7.28. The molecule has 1 aliphatic heterocycles. The summed E-state index contributed by atoms with van der Waals surface area (Å²) in [6.07, 6.45) is 3.67. The van der Waals surface area contributed by atoms with Crippen LogP contribution in [0.1, 0.15) is 33.0 Å². The standard InChI is InChI=1S/C14H17NO4S/c1-9-7-12(20-11(9)4-5-13(17)18)14(19)15-6-2-3-10(16)8-15/h4-5,7,10,16H,2-3,6,8H2,1H3,(H,17,18)/b5-4+. The van der Waals surface area contributed by atoms with Crippen molar-refractivity contribution >= 4 is 29.3 Å². The van der Waals surface area contributed by atoms with Crippen molar-refractivity contribution in [1.29, 1.82) is 0 Å². The van der Waals surface area contributed by atoms with Crippen LogP contribution in [0.3, 0.4) is 0 Å². The Bertz CT molecular complexity index is 549. The van der Waals surface area contributed by atoms with Gasteiger partial charge in [0.15, 0.2) is 0 Å². The number of piperidine rings is 1. The number of nitrogens with zero attached hydrogens (tertiary/aromatic N) is 1.